The predicted octanol–water partition coefficient (Wildman–Crippen LogP) is 2.79. The average Bonchev–Trinajstić information content (AvgIpc) is 3.11. The third-order valence-electron chi connectivity index (χ3n) is 3.15. The normalized spacial score (nSPS) is 14.6. The van der Waals surface area contributed by atoms with Gasteiger partial charge in [-0.2, -0.15) is 0 Å². The van der Waals surface area contributed by atoms with Crippen molar-refractivity contribution >= 4 is 5.91 Å². The molecule has 1 N–H and O–H groups in total. The number of hydrogen-bond acceptors (Lipinski definition) is 2. The third kappa shape index (κ3) is 3.00. The van der Waals surface area contributed by atoms with E-state index in [0.29, 0.717) is 12.5 Å². The maximum atomic E-state index is 12.9. The van der Waals surface area contributed by atoms with E-state index in [2.05, 4.69) is 0 Å². The SMILES string of the molecule is CCCN(CC1CC1)C(=O)c1ccc(F)cc1O. The zero-order valence-corrected chi connectivity index (χ0v) is 10.5. The summed E-state index contributed by atoms with van der Waals surface area (Å²) < 4.78 is 12.9. The van der Waals surface area contributed by atoms with Gasteiger partial charge in [0.2, 0.25) is 0 Å². The molecule has 98 valence electrons. The smallest absolute Gasteiger partial charge is 0.257 e. The quantitative estimate of drug-likeness (QED) is 0.874. The number of phenolic OH excluding ortho intramolecular Hbond substituents is 1. The van der Waals surface area contributed by atoms with Crippen molar-refractivity contribution in [1.29, 1.82) is 0 Å². The van der Waals surface area contributed by atoms with Crippen LogP contribution in [-0.4, -0.2) is 29.0 Å². The molecule has 1 fully saturated rings. The second-order valence-electron chi connectivity index (χ2n) is 4.86. The molecular formula is C14H18FNO2. The van der Waals surface area contributed by atoms with Crippen molar-refractivity contribution in [3.63, 3.8) is 0 Å². The number of phenols is 1. The minimum Gasteiger partial charge on any atom is -0.507 e. The molecule has 3 nitrogen and oxygen atoms in total. The van der Waals surface area contributed by atoms with E-state index in [4.69, 9.17) is 0 Å². The van der Waals surface area contributed by atoms with E-state index in [-0.39, 0.29) is 17.2 Å². The molecule has 1 aromatic carbocycles. The Hall–Kier alpha value is -1.58. The molecule has 1 aromatic rings. The molecule has 1 amide bonds. The summed E-state index contributed by atoms with van der Waals surface area (Å²) in [5.74, 6) is -0.422. The van der Waals surface area contributed by atoms with Crippen LogP contribution in [0, 0.1) is 11.7 Å². The van der Waals surface area contributed by atoms with E-state index in [1.807, 2.05) is 6.92 Å². The fourth-order valence-electron chi connectivity index (χ4n) is 2.01. The van der Waals surface area contributed by atoms with Gasteiger partial charge < -0.3 is 10.0 Å². The van der Waals surface area contributed by atoms with Crippen molar-refractivity contribution < 1.29 is 14.3 Å². The van der Waals surface area contributed by atoms with Crippen molar-refractivity contribution in [2.75, 3.05) is 13.1 Å². The number of nitrogens with zero attached hydrogens (tertiary/aromatic N) is 1. The highest BCUT2D eigenvalue weighted by Gasteiger charge is 2.27. The lowest BCUT2D eigenvalue weighted by atomic mass is 10.1. The average molecular weight is 251 g/mol. The van der Waals surface area contributed by atoms with Crippen LogP contribution in [0.5, 0.6) is 5.75 Å². The molecule has 0 atom stereocenters. The Balaban J connectivity index is 2.15. The second kappa shape index (κ2) is 5.38. The third-order valence-corrected chi connectivity index (χ3v) is 3.15. The summed E-state index contributed by atoms with van der Waals surface area (Å²) in [6.45, 7) is 3.42. The molecular weight excluding hydrogens is 233 g/mol. The van der Waals surface area contributed by atoms with E-state index < -0.39 is 5.82 Å². The summed E-state index contributed by atoms with van der Waals surface area (Å²) in [7, 11) is 0. The Morgan fingerprint density at radius 1 is 1.50 bits per heavy atom. The minimum atomic E-state index is -0.534. The molecule has 0 bridgehead atoms. The van der Waals surface area contributed by atoms with Gasteiger partial charge in [-0.05, 0) is 37.3 Å². The van der Waals surface area contributed by atoms with Gasteiger partial charge in [0.1, 0.15) is 11.6 Å². The summed E-state index contributed by atoms with van der Waals surface area (Å²) in [6, 6.07) is 3.53. The monoisotopic (exact) mass is 251 g/mol. The first-order valence-corrected chi connectivity index (χ1v) is 6.39. The number of hydrogen-bond donors (Lipinski definition) is 1. The van der Waals surface area contributed by atoms with Gasteiger partial charge in [0.05, 0.1) is 5.56 Å². The zero-order valence-electron chi connectivity index (χ0n) is 10.5. The maximum absolute atomic E-state index is 12.9. The van der Waals surface area contributed by atoms with E-state index >= 15 is 0 Å². The molecule has 1 aliphatic carbocycles. The molecule has 1 aliphatic rings. The molecule has 0 aromatic heterocycles. The highest BCUT2D eigenvalue weighted by Crippen LogP contribution is 2.31. The number of carbonyl (C=O) groups is 1. The largest absolute Gasteiger partial charge is 0.507 e. The maximum Gasteiger partial charge on any atom is 0.257 e. The number of aromatic hydroxyl groups is 1. The van der Waals surface area contributed by atoms with Crippen LogP contribution in [0.2, 0.25) is 0 Å². The van der Waals surface area contributed by atoms with Crippen LogP contribution in [0.15, 0.2) is 18.2 Å². The standard InChI is InChI=1S/C14H18FNO2/c1-2-7-16(9-10-3-4-10)14(18)12-6-5-11(15)8-13(12)17/h5-6,8,10,17H,2-4,7,9H2,1H3. The van der Waals surface area contributed by atoms with Crippen LogP contribution in [0.25, 0.3) is 0 Å². The molecule has 18 heavy (non-hydrogen) atoms. The predicted molar refractivity (Wildman–Crippen MR) is 67.0 cm³/mol. The zero-order chi connectivity index (χ0) is 13.1. The van der Waals surface area contributed by atoms with Crippen LogP contribution in [0.4, 0.5) is 4.39 Å². The Kier molecular flexibility index (Phi) is 3.84. The highest BCUT2D eigenvalue weighted by molar-refractivity contribution is 5.96. The number of carbonyl (C=O) groups excluding carboxylic acids is 1. The highest BCUT2D eigenvalue weighted by atomic mass is 19.1. The molecule has 0 unspecified atom stereocenters. The molecule has 1 saturated carbocycles. The summed E-state index contributed by atoms with van der Waals surface area (Å²) in [4.78, 5) is 14.0. The first-order chi connectivity index (χ1) is 8.61. The van der Waals surface area contributed by atoms with E-state index in [0.717, 1.165) is 19.0 Å². The van der Waals surface area contributed by atoms with Gasteiger partial charge in [0, 0.05) is 19.2 Å². The first kappa shape index (κ1) is 12.9. The fraction of sp³-hybridized carbons (Fsp3) is 0.500. The van der Waals surface area contributed by atoms with Gasteiger partial charge in [-0.1, -0.05) is 6.92 Å². The van der Waals surface area contributed by atoms with E-state index in [1.54, 1.807) is 4.90 Å². The minimum absolute atomic E-state index is 0.186. The van der Waals surface area contributed by atoms with Gasteiger partial charge in [0.15, 0.2) is 0 Å². The van der Waals surface area contributed by atoms with Crippen LogP contribution in [-0.2, 0) is 0 Å². The second-order valence-corrected chi connectivity index (χ2v) is 4.86. The fourth-order valence-corrected chi connectivity index (χ4v) is 2.01. The van der Waals surface area contributed by atoms with Crippen molar-refractivity contribution in [3.8, 4) is 5.75 Å². The number of benzene rings is 1. The molecule has 0 aliphatic heterocycles. The number of rotatable bonds is 5. The lowest BCUT2D eigenvalue weighted by molar-refractivity contribution is 0.0744. The molecule has 4 heteroatoms. The first-order valence-electron chi connectivity index (χ1n) is 6.39. The molecule has 0 heterocycles. The van der Waals surface area contributed by atoms with Crippen molar-refractivity contribution in [1.82, 2.24) is 4.90 Å². The molecule has 0 spiro atoms. The number of halogens is 1. The van der Waals surface area contributed by atoms with Crippen LogP contribution >= 0.6 is 0 Å². The summed E-state index contributed by atoms with van der Waals surface area (Å²) in [5.41, 5.74) is 0.186. The van der Waals surface area contributed by atoms with Crippen molar-refractivity contribution in [2.24, 2.45) is 5.92 Å². The van der Waals surface area contributed by atoms with Gasteiger partial charge in [-0.3, -0.25) is 4.79 Å². The Morgan fingerprint density at radius 3 is 2.78 bits per heavy atom. The lowest BCUT2D eigenvalue weighted by Crippen LogP contribution is -2.33. The van der Waals surface area contributed by atoms with Crippen LogP contribution < -0.4 is 0 Å². The number of amides is 1. The van der Waals surface area contributed by atoms with Crippen molar-refractivity contribution in [3.05, 3.63) is 29.6 Å². The van der Waals surface area contributed by atoms with Gasteiger partial charge in [0.25, 0.3) is 5.91 Å². The molecule has 0 saturated heterocycles. The van der Waals surface area contributed by atoms with Crippen LogP contribution in [0.3, 0.4) is 0 Å². The van der Waals surface area contributed by atoms with Gasteiger partial charge in [-0.25, -0.2) is 4.39 Å². The summed E-state index contributed by atoms with van der Waals surface area (Å²) >= 11 is 0. The Labute approximate surface area is 106 Å². The van der Waals surface area contributed by atoms with Gasteiger partial charge >= 0.3 is 0 Å². The summed E-state index contributed by atoms with van der Waals surface area (Å²) in [6.07, 6.45) is 3.21. The topological polar surface area (TPSA) is 40.5 Å². The van der Waals surface area contributed by atoms with E-state index in [9.17, 15) is 14.3 Å². The van der Waals surface area contributed by atoms with Crippen molar-refractivity contribution in [2.45, 2.75) is 26.2 Å². The van der Waals surface area contributed by atoms with Crippen LogP contribution in [0.1, 0.15) is 36.5 Å². The molecule has 2 rings (SSSR count). The molecule has 0 radical (unpaired) electrons. The summed E-state index contributed by atoms with van der Waals surface area (Å²) in [5, 5.41) is 9.64. The van der Waals surface area contributed by atoms with E-state index in [1.165, 1.54) is 25.0 Å². The lowest BCUT2D eigenvalue weighted by Gasteiger charge is -2.22. The van der Waals surface area contributed by atoms with Gasteiger partial charge in [-0.15, -0.1) is 0 Å². The Bertz CT molecular complexity index is 443. The Morgan fingerprint density at radius 2 is 2.22 bits per heavy atom.